The Morgan fingerprint density at radius 1 is 0.625 bits per heavy atom. The van der Waals surface area contributed by atoms with E-state index in [4.69, 9.17) is 0 Å². The molecule has 0 aromatic rings. The molecule has 0 radical (unpaired) electrons. The lowest BCUT2D eigenvalue weighted by Gasteiger charge is -2.28. The van der Waals surface area contributed by atoms with Gasteiger partial charge in [-0.1, -0.05) is 75.9 Å². The molecular weight excluding hydrogens is 464 g/mol. The molecule has 16 heavy (non-hydrogen) atoms. The van der Waals surface area contributed by atoms with Crippen molar-refractivity contribution >= 4 is 63.7 Å². The van der Waals surface area contributed by atoms with Crippen molar-refractivity contribution in [3.8, 4) is 0 Å². The second kappa shape index (κ2) is 2.60. The van der Waals surface area contributed by atoms with E-state index in [1.54, 1.807) is 0 Å². The van der Waals surface area contributed by atoms with Gasteiger partial charge in [-0.05, 0) is 47.3 Å². The number of rotatable bonds is 0. The summed E-state index contributed by atoms with van der Waals surface area (Å²) in [5, 5.41) is 0. The average molecular weight is 474 g/mol. The summed E-state index contributed by atoms with van der Waals surface area (Å²) in [7, 11) is 0. The zero-order valence-corrected chi connectivity index (χ0v) is 14.6. The molecule has 4 heteroatoms. The monoisotopic (exact) mass is 470 g/mol. The van der Waals surface area contributed by atoms with Gasteiger partial charge in [0.25, 0.3) is 0 Å². The summed E-state index contributed by atoms with van der Waals surface area (Å²) in [6, 6.07) is 0. The maximum absolute atomic E-state index is 3.90. The number of alkyl halides is 4. The molecule has 5 aliphatic rings. The number of hydrogen-bond acceptors (Lipinski definition) is 0. The lowest BCUT2D eigenvalue weighted by molar-refractivity contribution is 0.275. The second-order valence-electron chi connectivity index (χ2n) is 6.15. The third kappa shape index (κ3) is 0.857. The van der Waals surface area contributed by atoms with Crippen molar-refractivity contribution in [3.63, 3.8) is 0 Å². The first-order chi connectivity index (χ1) is 7.47. The maximum atomic E-state index is 3.90. The highest BCUT2D eigenvalue weighted by Gasteiger charge is 2.86. The number of halogens is 4. The van der Waals surface area contributed by atoms with Crippen molar-refractivity contribution in [2.24, 2.45) is 47.3 Å². The number of fused-ring (bicyclic) bond motifs is 6. The quantitative estimate of drug-likeness (QED) is 0.359. The summed E-state index contributed by atoms with van der Waals surface area (Å²) in [6.45, 7) is 0. The molecule has 2 unspecified atom stereocenters. The van der Waals surface area contributed by atoms with E-state index in [0.29, 0.717) is 0 Å². The van der Waals surface area contributed by atoms with Crippen molar-refractivity contribution in [2.75, 3.05) is 0 Å². The Kier molecular flexibility index (Phi) is 1.70. The molecule has 0 amide bonds. The molecule has 0 aromatic heterocycles. The summed E-state index contributed by atoms with van der Waals surface area (Å²) >= 11 is 15.6. The van der Waals surface area contributed by atoms with Gasteiger partial charge in [-0.2, -0.15) is 0 Å². The molecule has 0 N–H and O–H groups in total. The summed E-state index contributed by atoms with van der Waals surface area (Å²) in [5.41, 5.74) is 0. The Bertz CT molecular complexity index is 402. The SMILES string of the molecule is BrC1(Br)[C@@H]2[C@@H]3C=C[C@H]4C3C([C@H]21)[C@@H]1[C@@H]4C1(Br)Br. The van der Waals surface area contributed by atoms with E-state index in [9.17, 15) is 0 Å². The van der Waals surface area contributed by atoms with Crippen LogP contribution >= 0.6 is 63.7 Å². The normalized spacial score (nSPS) is 68.8. The van der Waals surface area contributed by atoms with Gasteiger partial charge in [0, 0.05) is 0 Å². The molecule has 4 saturated carbocycles. The van der Waals surface area contributed by atoms with Crippen molar-refractivity contribution in [3.05, 3.63) is 12.2 Å². The van der Waals surface area contributed by atoms with Gasteiger partial charge in [0.2, 0.25) is 0 Å². The largest absolute Gasteiger partial charge is 0.0877 e. The molecule has 5 aliphatic carbocycles. The Morgan fingerprint density at radius 3 is 1.50 bits per heavy atom. The van der Waals surface area contributed by atoms with Gasteiger partial charge in [-0.15, -0.1) is 0 Å². The first-order valence-electron chi connectivity index (χ1n) is 5.91. The Balaban J connectivity index is 1.66. The average Bonchev–Trinajstić information content (AvgIpc) is 2.80. The molecule has 4 fully saturated rings. The van der Waals surface area contributed by atoms with Crippen molar-refractivity contribution < 1.29 is 0 Å². The summed E-state index contributed by atoms with van der Waals surface area (Å²) in [6.07, 6.45) is 5.03. The van der Waals surface area contributed by atoms with Crippen LogP contribution in [0.1, 0.15) is 0 Å². The van der Waals surface area contributed by atoms with E-state index in [2.05, 4.69) is 75.9 Å². The van der Waals surface area contributed by atoms with Crippen LogP contribution in [-0.2, 0) is 0 Å². The van der Waals surface area contributed by atoms with Gasteiger partial charge in [-0.25, -0.2) is 0 Å². The van der Waals surface area contributed by atoms with Crippen LogP contribution in [0.2, 0.25) is 0 Å². The van der Waals surface area contributed by atoms with Gasteiger partial charge in [-0.3, -0.25) is 0 Å². The van der Waals surface area contributed by atoms with Crippen LogP contribution in [0.25, 0.3) is 0 Å². The minimum absolute atomic E-state index is 0.263. The highest BCUT2D eigenvalue weighted by atomic mass is 79.9. The fraction of sp³-hybridized carbons (Fsp3) is 0.833. The molecule has 0 nitrogen and oxygen atoms in total. The van der Waals surface area contributed by atoms with Crippen molar-refractivity contribution in [1.82, 2.24) is 0 Å². The van der Waals surface area contributed by atoms with E-state index in [0.717, 1.165) is 47.3 Å². The first kappa shape index (κ1) is 10.4. The van der Waals surface area contributed by atoms with Crippen LogP contribution in [0.5, 0.6) is 0 Å². The third-order valence-corrected chi connectivity index (χ3v) is 10.1. The number of hydrogen-bond donors (Lipinski definition) is 0. The van der Waals surface area contributed by atoms with Crippen LogP contribution < -0.4 is 0 Å². The lowest BCUT2D eigenvalue weighted by atomic mass is 9.82. The van der Waals surface area contributed by atoms with E-state index in [1.165, 1.54) is 0 Å². The van der Waals surface area contributed by atoms with E-state index in [-0.39, 0.29) is 6.47 Å². The molecule has 0 saturated heterocycles. The number of allylic oxidation sites excluding steroid dienone is 2. The van der Waals surface area contributed by atoms with Crippen LogP contribution in [0.3, 0.4) is 0 Å². The topological polar surface area (TPSA) is 0 Å². The molecule has 0 aromatic carbocycles. The summed E-state index contributed by atoms with van der Waals surface area (Å²) in [4.78, 5) is 0. The van der Waals surface area contributed by atoms with Gasteiger partial charge >= 0.3 is 0 Å². The van der Waals surface area contributed by atoms with Crippen molar-refractivity contribution in [2.45, 2.75) is 6.47 Å². The van der Waals surface area contributed by atoms with Gasteiger partial charge in [0.05, 0.1) is 6.47 Å². The van der Waals surface area contributed by atoms with Crippen LogP contribution in [0.4, 0.5) is 0 Å². The molecule has 0 heterocycles. The molecule has 86 valence electrons. The summed E-state index contributed by atoms with van der Waals surface area (Å²) < 4.78 is 0.525. The lowest BCUT2D eigenvalue weighted by Crippen LogP contribution is -2.27. The fourth-order valence-corrected chi connectivity index (χ4v) is 9.63. The van der Waals surface area contributed by atoms with Gasteiger partial charge in [0.1, 0.15) is 0 Å². The van der Waals surface area contributed by atoms with E-state index >= 15 is 0 Å². The zero-order valence-electron chi connectivity index (χ0n) is 8.29. The standard InChI is InChI=1S/C12H10Br4/c13-11(14)7-3-1-2-4-5(3)6(9(7)11)10-8(4)12(10,15)16/h1-10H/t3-,4+,5?,6?,7-,8-,9-,10-/m1/s1. The summed E-state index contributed by atoms with van der Waals surface area (Å²) in [5.74, 6) is 7.00. The van der Waals surface area contributed by atoms with Crippen LogP contribution in [-0.4, -0.2) is 6.47 Å². The van der Waals surface area contributed by atoms with Crippen LogP contribution in [0.15, 0.2) is 12.2 Å². The second-order valence-corrected chi connectivity index (χ2v) is 13.5. The molecule has 0 bridgehead atoms. The Hall–Kier alpha value is 1.66. The molecule has 5 rings (SSSR count). The highest BCUT2D eigenvalue weighted by Crippen LogP contribution is 2.88. The van der Waals surface area contributed by atoms with Crippen LogP contribution in [0, 0.1) is 47.3 Å². The Morgan fingerprint density at radius 2 is 1.06 bits per heavy atom. The fourth-order valence-electron chi connectivity index (χ4n) is 5.44. The van der Waals surface area contributed by atoms with Gasteiger partial charge in [0.15, 0.2) is 0 Å². The minimum Gasteiger partial charge on any atom is -0.0844 e. The predicted octanol–water partition coefficient (Wildman–Crippen LogP) is 4.51. The molecule has 0 aliphatic heterocycles. The first-order valence-corrected chi connectivity index (χ1v) is 9.08. The molecular formula is C12H10Br4. The predicted molar refractivity (Wildman–Crippen MR) is 78.2 cm³/mol. The highest BCUT2D eigenvalue weighted by molar-refractivity contribution is 9.26. The van der Waals surface area contributed by atoms with E-state index in [1.807, 2.05) is 0 Å². The molecule has 0 spiro atoms. The minimum atomic E-state index is 0.263. The third-order valence-electron chi connectivity index (χ3n) is 5.88. The van der Waals surface area contributed by atoms with E-state index < -0.39 is 0 Å². The maximum Gasteiger partial charge on any atom is 0.0877 e. The zero-order chi connectivity index (χ0) is 11.0. The molecule has 8 atom stereocenters. The van der Waals surface area contributed by atoms with Crippen molar-refractivity contribution in [1.29, 1.82) is 0 Å². The Labute approximate surface area is 129 Å². The smallest absolute Gasteiger partial charge is 0.0844 e. The van der Waals surface area contributed by atoms with Gasteiger partial charge < -0.3 is 0 Å².